The van der Waals surface area contributed by atoms with Gasteiger partial charge in [-0.3, -0.25) is 5.41 Å². The standard InChI is InChI=1S/C17H16N6/c1-11-20-14-8-13-15(18)23(9-12-6-4-3-5-7-12)10-19-16(13)21-17(14)22(11)2/h3-8,10,18H,9H2,1-2H3. The van der Waals surface area contributed by atoms with Crippen LogP contribution in [0.25, 0.3) is 22.2 Å². The fraction of sp³-hybridized carbons (Fsp3) is 0.176. The van der Waals surface area contributed by atoms with Crippen LogP contribution < -0.4 is 5.49 Å². The number of rotatable bonds is 2. The minimum Gasteiger partial charge on any atom is -0.316 e. The van der Waals surface area contributed by atoms with Gasteiger partial charge in [0.2, 0.25) is 0 Å². The Labute approximate surface area is 132 Å². The number of hydrogen-bond acceptors (Lipinski definition) is 4. The molecule has 0 aliphatic carbocycles. The predicted octanol–water partition coefficient (Wildman–Crippen LogP) is 2.15. The minimum absolute atomic E-state index is 0.400. The van der Waals surface area contributed by atoms with Gasteiger partial charge in [0.25, 0.3) is 0 Å². The zero-order chi connectivity index (χ0) is 16.0. The fourth-order valence-corrected chi connectivity index (χ4v) is 2.72. The average Bonchev–Trinajstić information content (AvgIpc) is 2.84. The molecule has 6 nitrogen and oxygen atoms in total. The monoisotopic (exact) mass is 304 g/mol. The average molecular weight is 304 g/mol. The van der Waals surface area contributed by atoms with E-state index in [0.717, 1.165) is 22.6 Å². The smallest absolute Gasteiger partial charge is 0.167 e. The van der Waals surface area contributed by atoms with E-state index in [-0.39, 0.29) is 0 Å². The van der Waals surface area contributed by atoms with E-state index in [1.165, 1.54) is 0 Å². The first-order chi connectivity index (χ1) is 11.1. The van der Waals surface area contributed by atoms with E-state index in [1.54, 1.807) is 6.33 Å². The molecule has 0 bridgehead atoms. The van der Waals surface area contributed by atoms with Crippen molar-refractivity contribution in [3.05, 3.63) is 59.6 Å². The van der Waals surface area contributed by atoms with Crippen molar-refractivity contribution in [1.29, 1.82) is 5.41 Å². The third-order valence-corrected chi connectivity index (χ3v) is 4.11. The number of hydrogen-bond donors (Lipinski definition) is 1. The molecule has 1 N–H and O–H groups in total. The Morgan fingerprint density at radius 2 is 1.91 bits per heavy atom. The molecule has 0 amide bonds. The first-order valence-corrected chi connectivity index (χ1v) is 7.41. The van der Waals surface area contributed by atoms with Crippen molar-refractivity contribution >= 4 is 22.2 Å². The molecule has 0 aliphatic heterocycles. The van der Waals surface area contributed by atoms with Gasteiger partial charge >= 0.3 is 0 Å². The number of pyridine rings is 1. The first kappa shape index (κ1) is 13.6. The van der Waals surface area contributed by atoms with Crippen LogP contribution in [0.3, 0.4) is 0 Å². The summed E-state index contributed by atoms with van der Waals surface area (Å²) in [6.07, 6.45) is 1.68. The quantitative estimate of drug-likeness (QED) is 0.617. The van der Waals surface area contributed by atoms with Crippen molar-refractivity contribution in [1.82, 2.24) is 24.1 Å². The molecule has 23 heavy (non-hydrogen) atoms. The van der Waals surface area contributed by atoms with Crippen LogP contribution in [0.2, 0.25) is 0 Å². The Bertz CT molecular complexity index is 1080. The molecule has 0 atom stereocenters. The largest absolute Gasteiger partial charge is 0.316 e. The summed E-state index contributed by atoms with van der Waals surface area (Å²) in [7, 11) is 1.93. The number of aryl methyl sites for hydroxylation is 2. The summed E-state index contributed by atoms with van der Waals surface area (Å²) < 4.78 is 3.76. The van der Waals surface area contributed by atoms with Crippen molar-refractivity contribution in [3.63, 3.8) is 0 Å². The lowest BCUT2D eigenvalue weighted by molar-refractivity contribution is 0.722. The summed E-state index contributed by atoms with van der Waals surface area (Å²) in [4.78, 5) is 13.5. The Morgan fingerprint density at radius 3 is 2.70 bits per heavy atom. The molecule has 1 aromatic carbocycles. The number of aromatic nitrogens is 5. The molecular formula is C17H16N6. The normalized spacial score (nSPS) is 11.4. The van der Waals surface area contributed by atoms with Crippen LogP contribution >= 0.6 is 0 Å². The minimum atomic E-state index is 0.400. The molecule has 4 aromatic rings. The molecule has 0 saturated carbocycles. The molecule has 3 heterocycles. The second-order valence-electron chi connectivity index (χ2n) is 5.63. The van der Waals surface area contributed by atoms with Crippen LogP contribution in [-0.4, -0.2) is 24.1 Å². The van der Waals surface area contributed by atoms with Gasteiger partial charge in [0.1, 0.15) is 16.8 Å². The Morgan fingerprint density at radius 1 is 1.13 bits per heavy atom. The summed E-state index contributed by atoms with van der Waals surface area (Å²) in [5.74, 6) is 0.895. The zero-order valence-electron chi connectivity index (χ0n) is 13.0. The molecule has 0 fully saturated rings. The fourth-order valence-electron chi connectivity index (χ4n) is 2.72. The molecule has 0 unspecified atom stereocenters. The van der Waals surface area contributed by atoms with Crippen molar-refractivity contribution in [3.8, 4) is 0 Å². The van der Waals surface area contributed by atoms with Gasteiger partial charge in [-0.1, -0.05) is 30.3 Å². The summed E-state index contributed by atoms with van der Waals surface area (Å²) in [6, 6.07) is 12.0. The highest BCUT2D eigenvalue weighted by Crippen LogP contribution is 2.16. The van der Waals surface area contributed by atoms with E-state index in [9.17, 15) is 0 Å². The topological polar surface area (TPSA) is 72.4 Å². The van der Waals surface area contributed by atoms with Gasteiger partial charge in [-0.2, -0.15) is 0 Å². The second-order valence-corrected chi connectivity index (χ2v) is 5.63. The van der Waals surface area contributed by atoms with E-state index in [1.807, 2.05) is 59.5 Å². The highest BCUT2D eigenvalue weighted by atomic mass is 15.1. The highest BCUT2D eigenvalue weighted by Gasteiger charge is 2.10. The third kappa shape index (κ3) is 2.19. The van der Waals surface area contributed by atoms with Crippen LogP contribution in [0, 0.1) is 12.3 Å². The van der Waals surface area contributed by atoms with E-state index in [2.05, 4.69) is 15.0 Å². The molecule has 6 heteroatoms. The van der Waals surface area contributed by atoms with Crippen molar-refractivity contribution in [2.24, 2.45) is 7.05 Å². The summed E-state index contributed by atoms with van der Waals surface area (Å²) in [5.41, 5.74) is 3.70. The van der Waals surface area contributed by atoms with Crippen molar-refractivity contribution < 1.29 is 0 Å². The summed E-state index contributed by atoms with van der Waals surface area (Å²) in [6.45, 7) is 2.55. The number of fused-ring (bicyclic) bond motifs is 2. The summed E-state index contributed by atoms with van der Waals surface area (Å²) in [5, 5.41) is 9.19. The predicted molar refractivity (Wildman–Crippen MR) is 87.9 cm³/mol. The Hall–Kier alpha value is -3.02. The Kier molecular flexibility index (Phi) is 2.97. The lowest BCUT2D eigenvalue weighted by Crippen LogP contribution is -2.21. The number of nitrogens with zero attached hydrogens (tertiary/aromatic N) is 5. The van der Waals surface area contributed by atoms with E-state index in [0.29, 0.717) is 23.1 Å². The maximum absolute atomic E-state index is 8.47. The van der Waals surface area contributed by atoms with Crippen LogP contribution in [0.4, 0.5) is 0 Å². The SMILES string of the molecule is Cc1nc2cc3c(=N)n(Cc4ccccc4)cnc3nc2n1C. The molecule has 0 saturated heterocycles. The maximum Gasteiger partial charge on any atom is 0.167 e. The van der Waals surface area contributed by atoms with Gasteiger partial charge in [0, 0.05) is 7.05 Å². The van der Waals surface area contributed by atoms with Gasteiger partial charge in [0.05, 0.1) is 18.3 Å². The molecule has 0 spiro atoms. The lowest BCUT2D eigenvalue weighted by atomic mass is 10.2. The number of imidazole rings is 1. The second kappa shape index (κ2) is 5.01. The molecule has 4 rings (SSSR count). The van der Waals surface area contributed by atoms with Crippen LogP contribution in [0.1, 0.15) is 11.4 Å². The van der Waals surface area contributed by atoms with Crippen molar-refractivity contribution in [2.45, 2.75) is 13.5 Å². The van der Waals surface area contributed by atoms with Crippen LogP contribution in [-0.2, 0) is 13.6 Å². The van der Waals surface area contributed by atoms with Gasteiger partial charge < -0.3 is 9.13 Å². The van der Waals surface area contributed by atoms with Gasteiger partial charge in [-0.25, -0.2) is 15.0 Å². The number of nitrogens with one attached hydrogen (secondary N) is 1. The van der Waals surface area contributed by atoms with Crippen molar-refractivity contribution in [2.75, 3.05) is 0 Å². The molecule has 0 aliphatic rings. The number of benzene rings is 1. The highest BCUT2D eigenvalue weighted by molar-refractivity contribution is 5.86. The van der Waals surface area contributed by atoms with Gasteiger partial charge in [-0.15, -0.1) is 0 Å². The van der Waals surface area contributed by atoms with E-state index in [4.69, 9.17) is 5.41 Å². The Balaban J connectivity index is 1.90. The molecule has 3 aromatic heterocycles. The molecule has 0 radical (unpaired) electrons. The maximum atomic E-state index is 8.47. The van der Waals surface area contributed by atoms with Gasteiger partial charge in [-0.05, 0) is 18.6 Å². The van der Waals surface area contributed by atoms with Crippen LogP contribution in [0.15, 0.2) is 42.7 Å². The van der Waals surface area contributed by atoms with E-state index < -0.39 is 0 Å². The summed E-state index contributed by atoms with van der Waals surface area (Å²) >= 11 is 0. The zero-order valence-corrected chi connectivity index (χ0v) is 13.0. The van der Waals surface area contributed by atoms with Crippen LogP contribution in [0.5, 0.6) is 0 Å². The molecular weight excluding hydrogens is 288 g/mol. The van der Waals surface area contributed by atoms with Gasteiger partial charge in [0.15, 0.2) is 11.3 Å². The van der Waals surface area contributed by atoms with E-state index >= 15 is 0 Å². The first-order valence-electron chi connectivity index (χ1n) is 7.41. The lowest BCUT2D eigenvalue weighted by Gasteiger charge is -2.08. The molecule has 114 valence electrons. The third-order valence-electron chi connectivity index (χ3n) is 4.11.